The van der Waals surface area contributed by atoms with E-state index >= 15 is 0 Å². The van der Waals surface area contributed by atoms with Crippen LogP contribution in [0.1, 0.15) is 11.4 Å². The number of rotatable bonds is 6. The fraction of sp³-hybridized carbons (Fsp3) is 0.417. The van der Waals surface area contributed by atoms with E-state index in [-0.39, 0.29) is 12.2 Å². The molecule has 0 saturated carbocycles. The molecule has 0 atom stereocenters. The molecule has 6 nitrogen and oxygen atoms in total. The molecule has 0 amide bonds. The fourth-order valence-electron chi connectivity index (χ4n) is 1.78. The number of aromatic nitrogens is 4. The Morgan fingerprint density at radius 1 is 1.29 bits per heavy atom. The summed E-state index contributed by atoms with van der Waals surface area (Å²) in [5.41, 5.74) is -0.881. The van der Waals surface area contributed by atoms with E-state index in [0.717, 1.165) is 10.7 Å². The van der Waals surface area contributed by atoms with Crippen LogP contribution in [0.4, 0.5) is 13.2 Å². The van der Waals surface area contributed by atoms with E-state index in [2.05, 4.69) is 20.8 Å². The van der Waals surface area contributed by atoms with Crippen molar-refractivity contribution in [3.8, 4) is 5.69 Å². The third kappa shape index (κ3) is 3.76. The maximum absolute atomic E-state index is 13.0. The number of halogens is 3. The molecule has 0 saturated heterocycles. The number of methoxy groups -OCH3 is 1. The summed E-state index contributed by atoms with van der Waals surface area (Å²) in [6, 6.07) is 5.17. The van der Waals surface area contributed by atoms with Crippen LogP contribution in [0.3, 0.4) is 0 Å². The lowest BCUT2D eigenvalue weighted by Gasteiger charge is -2.13. The molecule has 0 aliphatic rings. The van der Waals surface area contributed by atoms with E-state index in [1.807, 2.05) is 0 Å². The minimum Gasteiger partial charge on any atom is -0.383 e. The minimum absolute atomic E-state index is 0.0986. The van der Waals surface area contributed by atoms with Crippen LogP contribution in [0.5, 0.6) is 0 Å². The Balaban J connectivity index is 2.25. The summed E-state index contributed by atoms with van der Waals surface area (Å²) in [6.07, 6.45) is -4.47. The van der Waals surface area contributed by atoms with Gasteiger partial charge in [-0.05, 0) is 22.6 Å². The van der Waals surface area contributed by atoms with Gasteiger partial charge in [-0.25, -0.2) is 0 Å². The molecule has 21 heavy (non-hydrogen) atoms. The normalized spacial score (nSPS) is 11.8. The zero-order valence-electron chi connectivity index (χ0n) is 11.3. The summed E-state index contributed by atoms with van der Waals surface area (Å²) in [5, 5.41) is 13.8. The largest absolute Gasteiger partial charge is 0.418 e. The fourth-order valence-corrected chi connectivity index (χ4v) is 1.78. The molecule has 0 aliphatic heterocycles. The van der Waals surface area contributed by atoms with Crippen molar-refractivity contribution in [2.75, 3.05) is 20.3 Å². The van der Waals surface area contributed by atoms with E-state index in [1.165, 1.54) is 18.2 Å². The van der Waals surface area contributed by atoms with Crippen molar-refractivity contribution < 1.29 is 17.9 Å². The predicted molar refractivity (Wildman–Crippen MR) is 67.7 cm³/mol. The molecule has 9 heteroatoms. The first-order chi connectivity index (χ1) is 10.0. The Morgan fingerprint density at radius 3 is 2.76 bits per heavy atom. The standard InChI is InChI=1S/C12H14F3N5O/c1-21-7-6-16-8-11-17-18-19-20(11)10-5-3-2-4-9(10)12(13,14)15/h2-5,16H,6-8H2,1H3. The lowest BCUT2D eigenvalue weighted by Crippen LogP contribution is -2.22. The van der Waals surface area contributed by atoms with Gasteiger partial charge < -0.3 is 10.1 Å². The molecule has 0 bridgehead atoms. The van der Waals surface area contributed by atoms with E-state index in [4.69, 9.17) is 4.74 Å². The van der Waals surface area contributed by atoms with E-state index in [9.17, 15) is 13.2 Å². The Labute approximate surface area is 118 Å². The maximum Gasteiger partial charge on any atom is 0.418 e. The summed E-state index contributed by atoms with van der Waals surface area (Å²) in [6.45, 7) is 1.27. The molecule has 1 aromatic heterocycles. The smallest absolute Gasteiger partial charge is 0.383 e. The molecule has 0 spiro atoms. The SMILES string of the molecule is COCCNCc1nnnn1-c1ccccc1C(F)(F)F. The minimum atomic E-state index is -4.47. The highest BCUT2D eigenvalue weighted by Gasteiger charge is 2.34. The number of hydrogen-bond donors (Lipinski definition) is 1. The van der Waals surface area contributed by atoms with Crippen molar-refractivity contribution in [3.05, 3.63) is 35.7 Å². The van der Waals surface area contributed by atoms with Crippen molar-refractivity contribution in [1.82, 2.24) is 25.5 Å². The van der Waals surface area contributed by atoms with E-state index in [1.54, 1.807) is 7.11 Å². The second-order valence-electron chi connectivity index (χ2n) is 4.19. The molecular formula is C12H14F3N5O. The molecular weight excluding hydrogens is 287 g/mol. The van der Waals surface area contributed by atoms with Crippen molar-refractivity contribution in [3.63, 3.8) is 0 Å². The zero-order valence-corrected chi connectivity index (χ0v) is 11.3. The molecule has 1 heterocycles. The molecule has 1 aromatic carbocycles. The third-order valence-electron chi connectivity index (χ3n) is 2.74. The van der Waals surface area contributed by atoms with Crippen molar-refractivity contribution in [2.24, 2.45) is 0 Å². The van der Waals surface area contributed by atoms with Gasteiger partial charge in [-0.15, -0.1) is 5.10 Å². The summed E-state index contributed by atoms with van der Waals surface area (Å²) < 4.78 is 45.0. The molecule has 0 radical (unpaired) electrons. The zero-order chi connectivity index (χ0) is 15.3. The molecule has 0 aliphatic carbocycles. The van der Waals surface area contributed by atoms with Gasteiger partial charge in [0.2, 0.25) is 0 Å². The Hall–Kier alpha value is -2.00. The quantitative estimate of drug-likeness (QED) is 0.817. The summed E-state index contributed by atoms with van der Waals surface area (Å²) in [7, 11) is 1.56. The summed E-state index contributed by atoms with van der Waals surface area (Å²) in [4.78, 5) is 0. The highest BCUT2D eigenvalue weighted by Crippen LogP contribution is 2.33. The van der Waals surface area contributed by atoms with Crippen LogP contribution in [-0.4, -0.2) is 40.5 Å². The first kappa shape index (κ1) is 15.4. The van der Waals surface area contributed by atoms with Gasteiger partial charge in [-0.2, -0.15) is 17.9 Å². The third-order valence-corrected chi connectivity index (χ3v) is 2.74. The highest BCUT2D eigenvalue weighted by molar-refractivity contribution is 5.42. The van der Waals surface area contributed by atoms with Gasteiger partial charge in [0.15, 0.2) is 5.82 Å². The number of para-hydroxylation sites is 1. The number of benzene rings is 1. The van der Waals surface area contributed by atoms with Gasteiger partial charge in [0.1, 0.15) is 0 Å². The number of nitrogens with one attached hydrogen (secondary N) is 1. The molecule has 1 N–H and O–H groups in total. The number of ether oxygens (including phenoxy) is 1. The summed E-state index contributed by atoms with van der Waals surface area (Å²) >= 11 is 0. The second kappa shape index (κ2) is 6.64. The predicted octanol–water partition coefficient (Wildman–Crippen LogP) is 1.42. The van der Waals surface area contributed by atoms with E-state index in [0.29, 0.717) is 19.0 Å². The van der Waals surface area contributed by atoms with Gasteiger partial charge in [0, 0.05) is 13.7 Å². The van der Waals surface area contributed by atoms with Gasteiger partial charge in [-0.1, -0.05) is 12.1 Å². The van der Waals surface area contributed by atoms with Crippen molar-refractivity contribution in [1.29, 1.82) is 0 Å². The van der Waals surface area contributed by atoms with Gasteiger partial charge in [-0.3, -0.25) is 0 Å². The van der Waals surface area contributed by atoms with Gasteiger partial charge in [0.25, 0.3) is 0 Å². The monoisotopic (exact) mass is 301 g/mol. The van der Waals surface area contributed by atoms with Crippen LogP contribution in [-0.2, 0) is 17.5 Å². The van der Waals surface area contributed by atoms with Crippen LogP contribution in [0.25, 0.3) is 5.69 Å². The Kier molecular flexibility index (Phi) is 4.86. The van der Waals surface area contributed by atoms with Crippen LogP contribution in [0, 0.1) is 0 Å². The van der Waals surface area contributed by atoms with Crippen LogP contribution in [0.2, 0.25) is 0 Å². The van der Waals surface area contributed by atoms with Crippen LogP contribution in [0.15, 0.2) is 24.3 Å². The topological polar surface area (TPSA) is 64.9 Å². The van der Waals surface area contributed by atoms with Crippen LogP contribution >= 0.6 is 0 Å². The number of alkyl halides is 3. The Morgan fingerprint density at radius 2 is 2.05 bits per heavy atom. The summed E-state index contributed by atoms with van der Waals surface area (Å²) in [5.74, 6) is 0.294. The molecule has 2 aromatic rings. The van der Waals surface area contributed by atoms with Crippen LogP contribution < -0.4 is 5.32 Å². The average Bonchev–Trinajstić information content (AvgIpc) is 2.91. The molecule has 2 rings (SSSR count). The van der Waals surface area contributed by atoms with Gasteiger partial charge >= 0.3 is 6.18 Å². The van der Waals surface area contributed by atoms with E-state index < -0.39 is 11.7 Å². The molecule has 0 unspecified atom stereocenters. The lowest BCUT2D eigenvalue weighted by atomic mass is 10.1. The Bertz CT molecular complexity index is 584. The average molecular weight is 301 g/mol. The number of nitrogens with zero attached hydrogens (tertiary/aromatic N) is 4. The van der Waals surface area contributed by atoms with Crippen molar-refractivity contribution >= 4 is 0 Å². The molecule has 0 fully saturated rings. The number of hydrogen-bond acceptors (Lipinski definition) is 5. The first-order valence-electron chi connectivity index (χ1n) is 6.17. The maximum atomic E-state index is 13.0. The van der Waals surface area contributed by atoms with Crippen molar-refractivity contribution in [2.45, 2.75) is 12.7 Å². The highest BCUT2D eigenvalue weighted by atomic mass is 19.4. The lowest BCUT2D eigenvalue weighted by molar-refractivity contribution is -0.137. The molecule has 114 valence electrons. The second-order valence-corrected chi connectivity index (χ2v) is 4.19. The number of tetrazole rings is 1. The van der Waals surface area contributed by atoms with Gasteiger partial charge in [0.05, 0.1) is 24.4 Å². The first-order valence-corrected chi connectivity index (χ1v) is 6.17.